The molecule has 1 unspecified atom stereocenters. The van der Waals surface area contributed by atoms with Gasteiger partial charge in [0.1, 0.15) is 0 Å². The molecule has 1 amide bonds. The van der Waals surface area contributed by atoms with Crippen LogP contribution in [0.3, 0.4) is 0 Å². The lowest BCUT2D eigenvalue weighted by atomic mass is 9.97. The first-order valence-corrected chi connectivity index (χ1v) is 9.25. The van der Waals surface area contributed by atoms with E-state index in [4.69, 9.17) is 21.1 Å². The van der Waals surface area contributed by atoms with E-state index in [0.29, 0.717) is 32.2 Å². The zero-order chi connectivity index (χ0) is 16.2. The SMILES string of the molecule is CN(Cc1ccc(Cl)s1)C(=O)CN1CCCC(C2OCCO2)C1. The van der Waals surface area contributed by atoms with Crippen molar-refractivity contribution < 1.29 is 14.3 Å². The Labute approximate surface area is 146 Å². The molecule has 1 aromatic rings. The summed E-state index contributed by atoms with van der Waals surface area (Å²) in [6, 6.07) is 3.85. The molecule has 2 aliphatic rings. The average molecular weight is 359 g/mol. The lowest BCUT2D eigenvalue weighted by molar-refractivity contribution is -0.134. The lowest BCUT2D eigenvalue weighted by Crippen LogP contribution is -2.45. The van der Waals surface area contributed by atoms with Crippen molar-refractivity contribution in [3.05, 3.63) is 21.3 Å². The second-order valence-corrected chi connectivity index (χ2v) is 8.00. The number of rotatable bonds is 5. The number of likely N-dealkylation sites (N-methyl/N-ethyl adjacent to an activating group) is 1. The van der Waals surface area contributed by atoms with E-state index >= 15 is 0 Å². The molecule has 0 saturated carbocycles. The highest BCUT2D eigenvalue weighted by molar-refractivity contribution is 7.16. The smallest absolute Gasteiger partial charge is 0.236 e. The van der Waals surface area contributed by atoms with Gasteiger partial charge in [0.15, 0.2) is 6.29 Å². The Balaban J connectivity index is 1.48. The van der Waals surface area contributed by atoms with E-state index in [9.17, 15) is 4.79 Å². The molecule has 1 aromatic heterocycles. The minimum absolute atomic E-state index is 0.0844. The molecule has 0 aliphatic carbocycles. The molecule has 3 heterocycles. The van der Waals surface area contributed by atoms with Crippen LogP contribution in [0.1, 0.15) is 17.7 Å². The minimum atomic E-state index is -0.0844. The highest BCUT2D eigenvalue weighted by atomic mass is 35.5. The zero-order valence-corrected chi connectivity index (χ0v) is 14.9. The van der Waals surface area contributed by atoms with E-state index in [2.05, 4.69) is 4.90 Å². The van der Waals surface area contributed by atoms with Crippen molar-refractivity contribution in [2.24, 2.45) is 5.92 Å². The second kappa shape index (κ2) is 7.94. The van der Waals surface area contributed by atoms with Gasteiger partial charge >= 0.3 is 0 Å². The van der Waals surface area contributed by atoms with Crippen molar-refractivity contribution in [2.75, 3.05) is 39.9 Å². The quantitative estimate of drug-likeness (QED) is 0.810. The highest BCUT2D eigenvalue weighted by Crippen LogP contribution is 2.25. The van der Waals surface area contributed by atoms with Crippen molar-refractivity contribution >= 4 is 28.8 Å². The van der Waals surface area contributed by atoms with Gasteiger partial charge in [0.25, 0.3) is 0 Å². The first-order chi connectivity index (χ1) is 11.1. The van der Waals surface area contributed by atoms with Crippen LogP contribution in [0.25, 0.3) is 0 Å². The fourth-order valence-electron chi connectivity index (χ4n) is 3.18. The van der Waals surface area contributed by atoms with E-state index in [1.165, 1.54) is 11.3 Å². The molecular formula is C16H23ClN2O3S. The van der Waals surface area contributed by atoms with Crippen LogP contribution >= 0.6 is 22.9 Å². The molecular weight excluding hydrogens is 336 g/mol. The molecule has 2 aliphatic heterocycles. The van der Waals surface area contributed by atoms with Crippen LogP contribution in [-0.4, -0.2) is 61.9 Å². The largest absolute Gasteiger partial charge is 0.350 e. The maximum absolute atomic E-state index is 12.4. The number of amides is 1. The summed E-state index contributed by atoms with van der Waals surface area (Å²) in [4.78, 5) is 17.5. The molecule has 5 nitrogen and oxygen atoms in total. The molecule has 0 spiro atoms. The normalized spacial score (nSPS) is 23.3. The zero-order valence-electron chi connectivity index (χ0n) is 13.4. The van der Waals surface area contributed by atoms with E-state index in [1.807, 2.05) is 19.2 Å². The topological polar surface area (TPSA) is 42.0 Å². The van der Waals surface area contributed by atoms with Gasteiger partial charge < -0.3 is 14.4 Å². The van der Waals surface area contributed by atoms with Gasteiger partial charge in [-0.15, -0.1) is 11.3 Å². The van der Waals surface area contributed by atoms with Gasteiger partial charge in [-0.2, -0.15) is 0 Å². The monoisotopic (exact) mass is 358 g/mol. The van der Waals surface area contributed by atoms with Crippen LogP contribution < -0.4 is 0 Å². The molecule has 1 atom stereocenters. The fourth-order valence-corrected chi connectivity index (χ4v) is 4.32. The van der Waals surface area contributed by atoms with Crippen LogP contribution in [0.5, 0.6) is 0 Å². The first-order valence-electron chi connectivity index (χ1n) is 8.05. The number of piperidine rings is 1. The molecule has 0 aromatic carbocycles. The number of carbonyl (C=O) groups is 1. The van der Waals surface area contributed by atoms with Gasteiger partial charge in [-0.25, -0.2) is 0 Å². The molecule has 7 heteroatoms. The Bertz CT molecular complexity index is 533. The predicted molar refractivity (Wildman–Crippen MR) is 90.7 cm³/mol. The average Bonchev–Trinajstić information content (AvgIpc) is 3.19. The van der Waals surface area contributed by atoms with Crippen LogP contribution in [0, 0.1) is 5.92 Å². The Hall–Kier alpha value is -0.660. The Morgan fingerprint density at radius 1 is 1.43 bits per heavy atom. The van der Waals surface area contributed by atoms with Crippen molar-refractivity contribution in [3.8, 4) is 0 Å². The van der Waals surface area contributed by atoms with Crippen molar-refractivity contribution in [3.63, 3.8) is 0 Å². The summed E-state index contributed by atoms with van der Waals surface area (Å²) in [5.74, 6) is 0.517. The lowest BCUT2D eigenvalue weighted by Gasteiger charge is -2.35. The number of hydrogen-bond acceptors (Lipinski definition) is 5. The number of halogens is 1. The second-order valence-electron chi connectivity index (χ2n) is 6.20. The molecule has 0 radical (unpaired) electrons. The van der Waals surface area contributed by atoms with E-state index in [-0.39, 0.29) is 12.2 Å². The van der Waals surface area contributed by atoms with Crippen LogP contribution in [0.15, 0.2) is 12.1 Å². The molecule has 2 saturated heterocycles. The maximum Gasteiger partial charge on any atom is 0.236 e. The summed E-state index contributed by atoms with van der Waals surface area (Å²) in [5, 5.41) is 0. The number of carbonyl (C=O) groups excluding carboxylic acids is 1. The molecule has 2 fully saturated rings. The third-order valence-corrected chi connectivity index (χ3v) is 5.60. The summed E-state index contributed by atoms with van der Waals surface area (Å²) in [6.45, 7) is 4.28. The Morgan fingerprint density at radius 2 is 2.22 bits per heavy atom. The van der Waals surface area contributed by atoms with Gasteiger partial charge in [0.05, 0.1) is 30.6 Å². The number of nitrogens with zero attached hydrogens (tertiary/aromatic N) is 2. The Morgan fingerprint density at radius 3 is 2.91 bits per heavy atom. The third kappa shape index (κ3) is 4.67. The predicted octanol–water partition coefficient (Wildman–Crippen LogP) is 2.44. The van der Waals surface area contributed by atoms with E-state index in [0.717, 1.165) is 35.1 Å². The standard InChI is InChI=1S/C16H23ClN2O3S/c1-18(10-13-4-5-14(17)23-13)15(20)11-19-6-2-3-12(9-19)16-21-7-8-22-16/h4-5,12,16H,2-3,6-11H2,1H3. The highest BCUT2D eigenvalue weighted by Gasteiger charge is 2.31. The maximum atomic E-state index is 12.4. The van der Waals surface area contributed by atoms with E-state index in [1.54, 1.807) is 4.90 Å². The summed E-state index contributed by atoms with van der Waals surface area (Å²) in [5.41, 5.74) is 0. The molecule has 23 heavy (non-hydrogen) atoms. The van der Waals surface area contributed by atoms with Gasteiger partial charge in [-0.05, 0) is 31.5 Å². The van der Waals surface area contributed by atoms with Crippen molar-refractivity contribution in [2.45, 2.75) is 25.7 Å². The minimum Gasteiger partial charge on any atom is -0.350 e. The molecule has 128 valence electrons. The summed E-state index contributed by atoms with van der Waals surface area (Å²) < 4.78 is 12.0. The van der Waals surface area contributed by atoms with Crippen molar-refractivity contribution in [1.29, 1.82) is 0 Å². The summed E-state index contributed by atoms with van der Waals surface area (Å²) in [6.07, 6.45) is 2.11. The number of likely N-dealkylation sites (tertiary alicyclic amines) is 1. The Kier molecular flexibility index (Phi) is 5.93. The third-order valence-electron chi connectivity index (χ3n) is 4.38. The molecule has 0 bridgehead atoms. The number of thiophene rings is 1. The first kappa shape index (κ1) is 17.2. The molecule has 0 N–H and O–H groups in total. The number of hydrogen-bond donors (Lipinski definition) is 0. The van der Waals surface area contributed by atoms with Crippen LogP contribution in [0.2, 0.25) is 4.34 Å². The van der Waals surface area contributed by atoms with Gasteiger partial charge in [0, 0.05) is 24.4 Å². The van der Waals surface area contributed by atoms with Gasteiger partial charge in [-0.3, -0.25) is 9.69 Å². The van der Waals surface area contributed by atoms with Crippen LogP contribution in [-0.2, 0) is 20.8 Å². The van der Waals surface area contributed by atoms with Crippen molar-refractivity contribution in [1.82, 2.24) is 9.80 Å². The van der Waals surface area contributed by atoms with Crippen LogP contribution in [0.4, 0.5) is 0 Å². The molecule has 3 rings (SSSR count). The summed E-state index contributed by atoms with van der Waals surface area (Å²) >= 11 is 7.46. The number of ether oxygens (including phenoxy) is 2. The van der Waals surface area contributed by atoms with E-state index < -0.39 is 0 Å². The summed E-state index contributed by atoms with van der Waals surface area (Å²) in [7, 11) is 1.85. The fraction of sp³-hybridized carbons (Fsp3) is 0.688. The van der Waals surface area contributed by atoms with Gasteiger partial charge in [-0.1, -0.05) is 11.6 Å². The van der Waals surface area contributed by atoms with Gasteiger partial charge in [0.2, 0.25) is 5.91 Å².